The van der Waals surface area contributed by atoms with Crippen molar-refractivity contribution < 1.29 is 4.42 Å². The molecule has 2 heterocycles. The molecule has 1 aliphatic rings. The number of nitrogens with zero attached hydrogens (tertiary/aromatic N) is 2. The molecule has 0 aliphatic carbocycles. The summed E-state index contributed by atoms with van der Waals surface area (Å²) in [6.45, 7) is 4.36. The number of rotatable bonds is 1. The molecule has 0 radical (unpaired) electrons. The highest BCUT2D eigenvalue weighted by atomic mass is 16.4. The van der Waals surface area contributed by atoms with Gasteiger partial charge in [0.25, 0.3) is 0 Å². The van der Waals surface area contributed by atoms with E-state index in [0.717, 1.165) is 24.9 Å². The SMILES string of the molecule is CC1CCN(c2ccc(C#N)o2)CC1. The van der Waals surface area contributed by atoms with Crippen LogP contribution in [0, 0.1) is 17.2 Å². The second-order valence-electron chi connectivity index (χ2n) is 3.92. The first-order valence-corrected chi connectivity index (χ1v) is 5.04. The smallest absolute Gasteiger partial charge is 0.206 e. The maximum absolute atomic E-state index is 8.63. The molecular weight excluding hydrogens is 176 g/mol. The minimum absolute atomic E-state index is 0.402. The highest BCUT2D eigenvalue weighted by molar-refractivity contribution is 5.39. The van der Waals surface area contributed by atoms with Gasteiger partial charge in [-0.3, -0.25) is 0 Å². The van der Waals surface area contributed by atoms with E-state index in [-0.39, 0.29) is 0 Å². The first-order chi connectivity index (χ1) is 6.79. The monoisotopic (exact) mass is 190 g/mol. The van der Waals surface area contributed by atoms with E-state index in [9.17, 15) is 0 Å². The molecule has 1 fully saturated rings. The summed E-state index contributed by atoms with van der Waals surface area (Å²) >= 11 is 0. The van der Waals surface area contributed by atoms with Gasteiger partial charge in [-0.15, -0.1) is 0 Å². The Morgan fingerprint density at radius 2 is 2.14 bits per heavy atom. The van der Waals surface area contributed by atoms with Gasteiger partial charge in [0, 0.05) is 19.2 Å². The van der Waals surface area contributed by atoms with Gasteiger partial charge in [-0.05, 0) is 24.8 Å². The van der Waals surface area contributed by atoms with Gasteiger partial charge in [0.05, 0.1) is 0 Å². The van der Waals surface area contributed by atoms with Crippen molar-refractivity contribution in [2.24, 2.45) is 5.92 Å². The van der Waals surface area contributed by atoms with Crippen LogP contribution in [-0.4, -0.2) is 13.1 Å². The van der Waals surface area contributed by atoms with Crippen LogP contribution in [-0.2, 0) is 0 Å². The number of anilines is 1. The second kappa shape index (κ2) is 3.75. The predicted octanol–water partition coefficient (Wildman–Crippen LogP) is 2.39. The number of furan rings is 1. The minimum Gasteiger partial charge on any atom is -0.430 e. The van der Waals surface area contributed by atoms with E-state index in [2.05, 4.69) is 11.8 Å². The maximum atomic E-state index is 8.63. The van der Waals surface area contributed by atoms with Crippen molar-refractivity contribution in [2.75, 3.05) is 18.0 Å². The third kappa shape index (κ3) is 1.74. The van der Waals surface area contributed by atoms with E-state index < -0.39 is 0 Å². The van der Waals surface area contributed by atoms with Gasteiger partial charge in [0.2, 0.25) is 5.76 Å². The van der Waals surface area contributed by atoms with Gasteiger partial charge >= 0.3 is 0 Å². The lowest BCUT2D eigenvalue weighted by Crippen LogP contribution is -2.32. The molecule has 0 amide bonds. The van der Waals surface area contributed by atoms with E-state index in [0.29, 0.717) is 5.76 Å². The molecule has 0 bridgehead atoms. The molecule has 1 aromatic heterocycles. The fraction of sp³-hybridized carbons (Fsp3) is 0.545. The van der Waals surface area contributed by atoms with Crippen LogP contribution in [0.4, 0.5) is 5.88 Å². The van der Waals surface area contributed by atoms with Crippen LogP contribution in [0.3, 0.4) is 0 Å². The lowest BCUT2D eigenvalue weighted by atomic mass is 9.99. The summed E-state index contributed by atoms with van der Waals surface area (Å²) in [5, 5.41) is 8.63. The molecule has 0 unspecified atom stereocenters. The first kappa shape index (κ1) is 9.14. The van der Waals surface area contributed by atoms with Crippen molar-refractivity contribution in [1.29, 1.82) is 5.26 Å². The van der Waals surface area contributed by atoms with Gasteiger partial charge in [0.15, 0.2) is 5.88 Å². The lowest BCUT2D eigenvalue weighted by molar-refractivity contribution is 0.415. The van der Waals surface area contributed by atoms with Crippen LogP contribution in [0.25, 0.3) is 0 Å². The molecule has 2 rings (SSSR count). The summed E-state index contributed by atoms with van der Waals surface area (Å²) in [6, 6.07) is 5.61. The zero-order chi connectivity index (χ0) is 9.97. The summed E-state index contributed by atoms with van der Waals surface area (Å²) in [6.07, 6.45) is 2.42. The van der Waals surface area contributed by atoms with Crippen molar-refractivity contribution >= 4 is 5.88 Å². The third-order valence-electron chi connectivity index (χ3n) is 2.80. The fourth-order valence-electron chi connectivity index (χ4n) is 1.79. The third-order valence-corrected chi connectivity index (χ3v) is 2.80. The largest absolute Gasteiger partial charge is 0.430 e. The topological polar surface area (TPSA) is 40.2 Å². The summed E-state index contributed by atoms with van der Waals surface area (Å²) in [7, 11) is 0. The Bertz CT molecular complexity index is 342. The van der Waals surface area contributed by atoms with Crippen molar-refractivity contribution in [2.45, 2.75) is 19.8 Å². The number of hydrogen-bond acceptors (Lipinski definition) is 3. The highest BCUT2D eigenvalue weighted by Crippen LogP contribution is 2.24. The second-order valence-corrected chi connectivity index (χ2v) is 3.92. The van der Waals surface area contributed by atoms with Gasteiger partial charge in [-0.1, -0.05) is 6.92 Å². The summed E-state index contributed by atoms with van der Waals surface area (Å²) in [5.41, 5.74) is 0. The molecule has 1 aliphatic heterocycles. The Hall–Kier alpha value is -1.43. The quantitative estimate of drug-likeness (QED) is 0.682. The Labute approximate surface area is 83.9 Å². The van der Waals surface area contributed by atoms with Gasteiger partial charge in [-0.2, -0.15) is 5.26 Å². The maximum Gasteiger partial charge on any atom is 0.206 e. The minimum atomic E-state index is 0.402. The number of nitriles is 1. The Morgan fingerprint density at radius 3 is 2.71 bits per heavy atom. The Balaban J connectivity index is 2.05. The first-order valence-electron chi connectivity index (χ1n) is 5.04. The molecule has 0 N–H and O–H groups in total. The Kier molecular flexibility index (Phi) is 2.45. The van der Waals surface area contributed by atoms with Gasteiger partial charge < -0.3 is 9.32 Å². The number of hydrogen-bond donors (Lipinski definition) is 0. The number of piperidine rings is 1. The standard InChI is InChI=1S/C11H14N2O/c1-9-4-6-13(7-5-9)11-3-2-10(8-12)14-11/h2-3,9H,4-7H2,1H3. The molecule has 3 heteroatoms. The van der Waals surface area contributed by atoms with Gasteiger partial charge in [0.1, 0.15) is 6.07 Å². The predicted molar refractivity (Wildman–Crippen MR) is 54.0 cm³/mol. The van der Waals surface area contributed by atoms with Crippen molar-refractivity contribution in [3.63, 3.8) is 0 Å². The highest BCUT2D eigenvalue weighted by Gasteiger charge is 2.18. The Morgan fingerprint density at radius 1 is 1.43 bits per heavy atom. The zero-order valence-electron chi connectivity index (χ0n) is 8.36. The van der Waals surface area contributed by atoms with Crippen LogP contribution < -0.4 is 4.90 Å². The molecule has 0 spiro atoms. The van der Waals surface area contributed by atoms with Crippen LogP contribution in [0.2, 0.25) is 0 Å². The van der Waals surface area contributed by atoms with Crippen LogP contribution >= 0.6 is 0 Å². The van der Waals surface area contributed by atoms with Crippen LogP contribution in [0.1, 0.15) is 25.5 Å². The van der Waals surface area contributed by atoms with Crippen molar-refractivity contribution in [3.8, 4) is 6.07 Å². The molecule has 3 nitrogen and oxygen atoms in total. The molecule has 1 aromatic rings. The molecule has 14 heavy (non-hydrogen) atoms. The van der Waals surface area contributed by atoms with Crippen LogP contribution in [0.5, 0.6) is 0 Å². The molecule has 0 atom stereocenters. The summed E-state index contributed by atoms with van der Waals surface area (Å²) in [5.74, 6) is 2.06. The lowest BCUT2D eigenvalue weighted by Gasteiger charge is -2.29. The molecule has 1 saturated heterocycles. The summed E-state index contributed by atoms with van der Waals surface area (Å²) < 4.78 is 5.37. The summed E-state index contributed by atoms with van der Waals surface area (Å²) in [4.78, 5) is 2.21. The van der Waals surface area contributed by atoms with E-state index in [1.807, 2.05) is 12.1 Å². The average molecular weight is 190 g/mol. The molecular formula is C11H14N2O. The molecule has 74 valence electrons. The van der Waals surface area contributed by atoms with E-state index >= 15 is 0 Å². The normalized spacial score (nSPS) is 18.1. The van der Waals surface area contributed by atoms with Crippen molar-refractivity contribution in [3.05, 3.63) is 17.9 Å². The fourth-order valence-corrected chi connectivity index (χ4v) is 1.79. The van der Waals surface area contributed by atoms with Gasteiger partial charge in [-0.25, -0.2) is 0 Å². The van der Waals surface area contributed by atoms with E-state index in [1.165, 1.54) is 12.8 Å². The molecule has 0 saturated carbocycles. The van der Waals surface area contributed by atoms with Crippen LogP contribution in [0.15, 0.2) is 16.5 Å². The zero-order valence-corrected chi connectivity index (χ0v) is 8.36. The molecule has 0 aromatic carbocycles. The van der Waals surface area contributed by atoms with Crippen molar-refractivity contribution in [1.82, 2.24) is 0 Å². The average Bonchev–Trinajstić information content (AvgIpc) is 2.67. The van der Waals surface area contributed by atoms with E-state index in [4.69, 9.17) is 9.68 Å². The van der Waals surface area contributed by atoms with E-state index in [1.54, 1.807) is 6.07 Å².